The van der Waals surface area contributed by atoms with Crippen LogP contribution < -0.4 is 5.73 Å². The third kappa shape index (κ3) is 3.98. The standard InChI is InChI=1S/C23H23N3O3S/c1-14(30)29-23(28)26-11-8-15(9-12-26)20-19-7-6-18(22(24)27)13-17(19)5-4-16-3-2-10-25-21(16)20/h2-3,6-7,10,13H,4-5,8-9,11-12H2,1H3,(H2,24,27). The van der Waals surface area contributed by atoms with E-state index in [2.05, 4.69) is 6.07 Å². The summed E-state index contributed by atoms with van der Waals surface area (Å²) in [5.41, 5.74) is 12.8. The highest BCUT2D eigenvalue weighted by molar-refractivity contribution is 7.80. The number of thiocarbonyl (C=S) groups is 1. The van der Waals surface area contributed by atoms with Crippen LogP contribution in [0.1, 0.15) is 52.5 Å². The maximum absolute atomic E-state index is 12.2. The fourth-order valence-electron chi connectivity index (χ4n) is 4.21. The minimum Gasteiger partial charge on any atom is -0.403 e. The van der Waals surface area contributed by atoms with Gasteiger partial charge in [0.15, 0.2) is 5.05 Å². The Labute approximate surface area is 180 Å². The second-order valence-corrected chi connectivity index (χ2v) is 8.15. The quantitative estimate of drug-likeness (QED) is 0.710. The summed E-state index contributed by atoms with van der Waals surface area (Å²) < 4.78 is 5.08. The van der Waals surface area contributed by atoms with Crippen LogP contribution in [0, 0.1) is 0 Å². The highest BCUT2D eigenvalue weighted by Crippen LogP contribution is 2.38. The van der Waals surface area contributed by atoms with E-state index in [0.717, 1.165) is 48.1 Å². The largest absolute Gasteiger partial charge is 0.415 e. The molecule has 1 aliphatic heterocycles. The van der Waals surface area contributed by atoms with E-state index in [4.69, 9.17) is 27.7 Å². The normalized spacial score (nSPS) is 15.7. The number of carbonyl (C=O) groups is 2. The Kier molecular flexibility index (Phi) is 5.63. The lowest BCUT2D eigenvalue weighted by Crippen LogP contribution is -2.37. The lowest BCUT2D eigenvalue weighted by molar-refractivity contribution is 0.1000. The third-order valence-electron chi connectivity index (χ3n) is 5.66. The first-order chi connectivity index (χ1) is 14.4. The zero-order chi connectivity index (χ0) is 21.3. The summed E-state index contributed by atoms with van der Waals surface area (Å²) in [6.45, 7) is 2.73. The number of nitrogens with two attached hydrogens (primary N) is 1. The van der Waals surface area contributed by atoms with Gasteiger partial charge in [-0.1, -0.05) is 17.7 Å². The van der Waals surface area contributed by atoms with Crippen LogP contribution in [0.3, 0.4) is 0 Å². The zero-order valence-electron chi connectivity index (χ0n) is 16.8. The Morgan fingerprint density at radius 1 is 1.10 bits per heavy atom. The zero-order valence-corrected chi connectivity index (χ0v) is 17.6. The molecule has 0 atom stereocenters. The summed E-state index contributed by atoms with van der Waals surface area (Å²) in [7, 11) is 0. The lowest BCUT2D eigenvalue weighted by Gasteiger charge is -2.29. The average molecular weight is 422 g/mol. The molecule has 1 saturated heterocycles. The molecule has 1 aromatic carbocycles. The number of likely N-dealkylation sites (tertiary alicyclic amines) is 1. The van der Waals surface area contributed by atoms with Crippen molar-refractivity contribution in [2.75, 3.05) is 13.1 Å². The van der Waals surface area contributed by atoms with Crippen LogP contribution in [0.5, 0.6) is 0 Å². The number of pyridine rings is 1. The predicted octanol–water partition coefficient (Wildman–Crippen LogP) is 3.66. The Hall–Kier alpha value is -3.06. The smallest absolute Gasteiger partial charge is 0.403 e. The molecule has 1 aliphatic carbocycles. The average Bonchev–Trinajstić information content (AvgIpc) is 2.89. The van der Waals surface area contributed by atoms with E-state index >= 15 is 0 Å². The summed E-state index contributed by atoms with van der Waals surface area (Å²) in [4.78, 5) is 30.3. The summed E-state index contributed by atoms with van der Waals surface area (Å²) in [6.07, 6.45) is 4.55. The minimum absolute atomic E-state index is 0.227. The number of carbonyl (C=O) groups excluding carboxylic acids is 2. The summed E-state index contributed by atoms with van der Waals surface area (Å²) in [5.74, 6) is -0.424. The predicted molar refractivity (Wildman–Crippen MR) is 118 cm³/mol. The molecular weight excluding hydrogens is 398 g/mol. The molecule has 2 aliphatic rings. The molecule has 7 heteroatoms. The number of ether oxygens (including phenoxy) is 1. The maximum Gasteiger partial charge on any atom is 0.415 e. The maximum atomic E-state index is 12.2. The highest BCUT2D eigenvalue weighted by atomic mass is 32.1. The number of primary amides is 1. The van der Waals surface area contributed by atoms with Crippen molar-refractivity contribution in [2.45, 2.75) is 32.6 Å². The Bertz CT molecular complexity index is 1070. The number of aromatic nitrogens is 1. The molecule has 4 rings (SSSR count). The molecule has 2 amide bonds. The van der Waals surface area contributed by atoms with E-state index in [1.54, 1.807) is 17.9 Å². The molecule has 30 heavy (non-hydrogen) atoms. The van der Waals surface area contributed by atoms with Crippen LogP contribution in [0.25, 0.3) is 5.57 Å². The number of hydrogen-bond donors (Lipinski definition) is 1. The SMILES string of the molecule is CC(=S)OC(=O)N1CCC(=C2c3ccc(C(N)=O)cc3CCc3cccnc32)CC1. The first-order valence-electron chi connectivity index (χ1n) is 10.0. The molecule has 1 fully saturated rings. The van der Waals surface area contributed by atoms with Gasteiger partial charge in [0.05, 0.1) is 5.69 Å². The Morgan fingerprint density at radius 2 is 1.83 bits per heavy atom. The number of amides is 2. The van der Waals surface area contributed by atoms with Crippen molar-refractivity contribution in [3.05, 3.63) is 70.0 Å². The van der Waals surface area contributed by atoms with Crippen molar-refractivity contribution in [2.24, 2.45) is 5.73 Å². The van der Waals surface area contributed by atoms with E-state index in [1.165, 1.54) is 11.1 Å². The van der Waals surface area contributed by atoms with Gasteiger partial charge in [-0.3, -0.25) is 9.78 Å². The summed E-state index contributed by atoms with van der Waals surface area (Å²) in [5, 5.41) is 0.227. The van der Waals surface area contributed by atoms with Crippen molar-refractivity contribution in [3.8, 4) is 0 Å². The van der Waals surface area contributed by atoms with Crippen LogP contribution in [0.15, 0.2) is 42.1 Å². The molecule has 0 spiro atoms. The molecule has 1 aromatic heterocycles. The number of hydrogen-bond acceptors (Lipinski definition) is 5. The van der Waals surface area contributed by atoms with Crippen LogP contribution in [-0.2, 0) is 17.6 Å². The van der Waals surface area contributed by atoms with Crippen molar-refractivity contribution in [3.63, 3.8) is 0 Å². The number of nitrogens with zero attached hydrogens (tertiary/aromatic N) is 2. The molecule has 0 unspecified atom stereocenters. The number of aryl methyl sites for hydroxylation is 2. The van der Waals surface area contributed by atoms with E-state index in [1.807, 2.05) is 24.4 Å². The van der Waals surface area contributed by atoms with Gasteiger partial charge in [-0.25, -0.2) is 4.79 Å². The molecule has 2 heterocycles. The molecule has 0 saturated carbocycles. The van der Waals surface area contributed by atoms with Crippen LogP contribution in [0.4, 0.5) is 4.79 Å². The molecule has 0 radical (unpaired) electrons. The highest BCUT2D eigenvalue weighted by Gasteiger charge is 2.27. The third-order valence-corrected chi connectivity index (χ3v) is 5.74. The number of benzene rings is 1. The van der Waals surface area contributed by atoms with Crippen LogP contribution >= 0.6 is 12.2 Å². The van der Waals surface area contributed by atoms with Gasteiger partial charge in [-0.15, -0.1) is 0 Å². The van der Waals surface area contributed by atoms with Gasteiger partial charge in [0.25, 0.3) is 0 Å². The Balaban J connectivity index is 1.74. The molecule has 154 valence electrons. The summed E-state index contributed by atoms with van der Waals surface area (Å²) >= 11 is 4.88. The number of rotatable bonds is 1. The van der Waals surface area contributed by atoms with Crippen molar-refractivity contribution in [1.82, 2.24) is 9.88 Å². The van der Waals surface area contributed by atoms with E-state index in [0.29, 0.717) is 18.7 Å². The molecule has 6 nitrogen and oxygen atoms in total. The van der Waals surface area contributed by atoms with Crippen molar-refractivity contribution in [1.29, 1.82) is 0 Å². The van der Waals surface area contributed by atoms with E-state index in [-0.39, 0.29) is 5.05 Å². The van der Waals surface area contributed by atoms with Gasteiger partial charge < -0.3 is 15.4 Å². The van der Waals surface area contributed by atoms with Gasteiger partial charge in [-0.2, -0.15) is 0 Å². The first kappa shape index (κ1) is 20.2. The molecule has 0 bridgehead atoms. The lowest BCUT2D eigenvalue weighted by atomic mass is 9.88. The second-order valence-electron chi connectivity index (χ2n) is 7.57. The minimum atomic E-state index is -0.424. The van der Waals surface area contributed by atoms with Gasteiger partial charge in [-0.05, 0) is 72.8 Å². The topological polar surface area (TPSA) is 85.5 Å². The monoisotopic (exact) mass is 421 g/mol. The number of piperidine rings is 1. The first-order valence-corrected chi connectivity index (χ1v) is 10.4. The number of fused-ring (bicyclic) bond motifs is 2. The van der Waals surface area contributed by atoms with Gasteiger partial charge in [0, 0.05) is 37.3 Å². The second kappa shape index (κ2) is 8.36. The van der Waals surface area contributed by atoms with Gasteiger partial charge in [0.1, 0.15) is 0 Å². The van der Waals surface area contributed by atoms with Crippen molar-refractivity contribution < 1.29 is 14.3 Å². The van der Waals surface area contributed by atoms with E-state index < -0.39 is 12.0 Å². The fourth-order valence-corrected chi connectivity index (χ4v) is 4.29. The van der Waals surface area contributed by atoms with E-state index in [9.17, 15) is 9.59 Å². The van der Waals surface area contributed by atoms with Gasteiger partial charge in [0.2, 0.25) is 5.91 Å². The van der Waals surface area contributed by atoms with Crippen LogP contribution in [0.2, 0.25) is 0 Å². The fraction of sp³-hybridized carbons (Fsp3) is 0.304. The molecule has 2 N–H and O–H groups in total. The Morgan fingerprint density at radius 3 is 2.53 bits per heavy atom. The van der Waals surface area contributed by atoms with Crippen molar-refractivity contribution >= 4 is 34.8 Å². The van der Waals surface area contributed by atoms with Crippen LogP contribution in [-0.4, -0.2) is 40.0 Å². The molecular formula is C23H23N3O3S. The summed E-state index contributed by atoms with van der Waals surface area (Å²) in [6, 6.07) is 9.73. The van der Waals surface area contributed by atoms with Gasteiger partial charge >= 0.3 is 6.09 Å². The molecule has 2 aromatic rings.